The van der Waals surface area contributed by atoms with Crippen LogP contribution in [0.2, 0.25) is 0 Å². The number of fused-ring (bicyclic) bond motifs is 2. The molecule has 0 atom stereocenters. The number of benzene rings is 1. The Bertz CT molecular complexity index is 437. The lowest BCUT2D eigenvalue weighted by Crippen LogP contribution is -1.93. The Morgan fingerprint density at radius 1 is 1.23 bits per heavy atom. The van der Waals surface area contributed by atoms with E-state index in [0.29, 0.717) is 17.1 Å². The van der Waals surface area contributed by atoms with Gasteiger partial charge in [-0.1, -0.05) is 0 Å². The van der Waals surface area contributed by atoms with Crippen molar-refractivity contribution in [1.82, 2.24) is 0 Å². The molecule has 0 radical (unpaired) electrons. The first-order valence-corrected chi connectivity index (χ1v) is 3.86. The molecule has 0 aromatic heterocycles. The highest BCUT2D eigenvalue weighted by atomic mass is 16.7. The van der Waals surface area contributed by atoms with E-state index >= 15 is 0 Å². The number of carbonyl (C=O) groups excluding carboxylic acids is 1. The molecule has 3 rings (SSSR count). The van der Waals surface area contributed by atoms with Gasteiger partial charge in [0.05, 0.1) is 5.56 Å². The van der Waals surface area contributed by atoms with Crippen molar-refractivity contribution in [2.24, 2.45) is 4.99 Å². The van der Waals surface area contributed by atoms with Gasteiger partial charge in [0, 0.05) is 11.8 Å². The molecule has 0 spiro atoms. The van der Waals surface area contributed by atoms with Crippen molar-refractivity contribution in [3.63, 3.8) is 0 Å². The van der Waals surface area contributed by atoms with Crippen molar-refractivity contribution in [2.75, 3.05) is 6.79 Å². The molecule has 2 aliphatic heterocycles. The van der Waals surface area contributed by atoms with Gasteiger partial charge < -0.3 is 9.47 Å². The Labute approximate surface area is 73.8 Å². The first kappa shape index (κ1) is 6.65. The van der Waals surface area contributed by atoms with Crippen molar-refractivity contribution in [2.45, 2.75) is 0 Å². The number of amides is 1. The Morgan fingerprint density at radius 2 is 2.00 bits per heavy atom. The second-order valence-electron chi connectivity index (χ2n) is 2.86. The Morgan fingerprint density at radius 3 is 2.85 bits per heavy atom. The molecule has 0 saturated heterocycles. The summed E-state index contributed by atoms with van der Waals surface area (Å²) in [5, 5.41) is 0. The SMILES string of the molecule is O=C1N=Cc2cc3c(cc21)OCO3. The van der Waals surface area contributed by atoms with Crippen LogP contribution in [0.3, 0.4) is 0 Å². The van der Waals surface area contributed by atoms with Gasteiger partial charge in [0.2, 0.25) is 6.79 Å². The molecular weight excluding hydrogens is 170 g/mol. The average molecular weight is 175 g/mol. The van der Waals surface area contributed by atoms with Crippen LogP contribution in [0.1, 0.15) is 15.9 Å². The van der Waals surface area contributed by atoms with E-state index in [9.17, 15) is 4.79 Å². The molecule has 4 nitrogen and oxygen atoms in total. The molecule has 0 saturated carbocycles. The minimum atomic E-state index is -0.215. The highest BCUT2D eigenvalue weighted by molar-refractivity contribution is 6.13. The fourth-order valence-corrected chi connectivity index (χ4v) is 1.45. The number of aliphatic imine (C=N–C) groups is 1. The third kappa shape index (κ3) is 0.796. The molecule has 13 heavy (non-hydrogen) atoms. The summed E-state index contributed by atoms with van der Waals surface area (Å²) in [6.07, 6.45) is 1.54. The Hall–Kier alpha value is -1.84. The molecule has 64 valence electrons. The van der Waals surface area contributed by atoms with Gasteiger partial charge in [0.15, 0.2) is 11.5 Å². The maximum absolute atomic E-state index is 11.2. The van der Waals surface area contributed by atoms with Gasteiger partial charge in [-0.25, -0.2) is 4.99 Å². The summed E-state index contributed by atoms with van der Waals surface area (Å²) in [7, 11) is 0. The number of nitrogens with zero attached hydrogens (tertiary/aromatic N) is 1. The van der Waals surface area contributed by atoms with Crippen LogP contribution in [0.15, 0.2) is 17.1 Å². The molecule has 1 amide bonds. The van der Waals surface area contributed by atoms with E-state index in [4.69, 9.17) is 9.47 Å². The van der Waals surface area contributed by atoms with Crippen molar-refractivity contribution in [1.29, 1.82) is 0 Å². The molecule has 0 aliphatic carbocycles. The lowest BCUT2D eigenvalue weighted by atomic mass is 10.1. The van der Waals surface area contributed by atoms with Crippen LogP contribution in [0.25, 0.3) is 0 Å². The lowest BCUT2D eigenvalue weighted by Gasteiger charge is -1.98. The van der Waals surface area contributed by atoms with E-state index in [1.165, 1.54) is 0 Å². The number of ether oxygens (including phenoxy) is 2. The summed E-state index contributed by atoms with van der Waals surface area (Å²) in [6, 6.07) is 3.44. The molecule has 1 aromatic rings. The van der Waals surface area contributed by atoms with Crippen LogP contribution in [-0.4, -0.2) is 18.9 Å². The number of hydrogen-bond donors (Lipinski definition) is 0. The van der Waals surface area contributed by atoms with Crippen LogP contribution in [-0.2, 0) is 0 Å². The van der Waals surface area contributed by atoms with Gasteiger partial charge in [0.25, 0.3) is 5.91 Å². The predicted octanol–water partition coefficient (Wildman–Crippen LogP) is 0.988. The maximum atomic E-state index is 11.2. The standard InChI is InChI=1S/C9H5NO3/c11-9-6-2-8-7(12-4-13-8)1-5(6)3-10-9/h1-3H,4H2. The number of rotatable bonds is 0. The summed E-state index contributed by atoms with van der Waals surface area (Å²) in [5.41, 5.74) is 1.39. The Balaban J connectivity index is 2.26. The highest BCUT2D eigenvalue weighted by Gasteiger charge is 2.22. The summed E-state index contributed by atoms with van der Waals surface area (Å²) < 4.78 is 10.3. The number of hydrogen-bond acceptors (Lipinski definition) is 3. The molecule has 0 unspecified atom stereocenters. The summed E-state index contributed by atoms with van der Waals surface area (Å²) in [4.78, 5) is 14.8. The summed E-state index contributed by atoms with van der Waals surface area (Å²) in [6.45, 7) is 0.226. The molecule has 0 fully saturated rings. The fourth-order valence-electron chi connectivity index (χ4n) is 1.45. The first-order chi connectivity index (χ1) is 6.34. The third-order valence-electron chi connectivity index (χ3n) is 2.10. The zero-order valence-corrected chi connectivity index (χ0v) is 6.61. The van der Waals surface area contributed by atoms with Gasteiger partial charge in [-0.15, -0.1) is 0 Å². The molecule has 4 heteroatoms. The van der Waals surface area contributed by atoms with E-state index in [-0.39, 0.29) is 12.7 Å². The second kappa shape index (κ2) is 2.10. The monoisotopic (exact) mass is 175 g/mol. The average Bonchev–Trinajstić information content (AvgIpc) is 2.70. The smallest absolute Gasteiger partial charge is 0.277 e. The van der Waals surface area contributed by atoms with E-state index in [1.807, 2.05) is 0 Å². The normalized spacial score (nSPS) is 16.5. The molecule has 0 N–H and O–H groups in total. The van der Waals surface area contributed by atoms with E-state index in [1.54, 1.807) is 18.3 Å². The Kier molecular flexibility index (Phi) is 1.07. The largest absolute Gasteiger partial charge is 0.454 e. The van der Waals surface area contributed by atoms with Crippen LogP contribution < -0.4 is 9.47 Å². The fraction of sp³-hybridized carbons (Fsp3) is 0.111. The van der Waals surface area contributed by atoms with E-state index < -0.39 is 0 Å². The summed E-state index contributed by atoms with van der Waals surface area (Å²) in [5.74, 6) is 1.09. The quantitative estimate of drug-likeness (QED) is 0.590. The zero-order chi connectivity index (χ0) is 8.84. The van der Waals surface area contributed by atoms with Crippen molar-refractivity contribution < 1.29 is 14.3 Å². The second-order valence-corrected chi connectivity index (χ2v) is 2.86. The van der Waals surface area contributed by atoms with Gasteiger partial charge in [-0.05, 0) is 12.1 Å². The van der Waals surface area contributed by atoms with Crippen LogP contribution >= 0.6 is 0 Å². The number of carbonyl (C=O) groups is 1. The van der Waals surface area contributed by atoms with Crippen molar-refractivity contribution >= 4 is 12.1 Å². The topological polar surface area (TPSA) is 47.9 Å². The van der Waals surface area contributed by atoms with E-state index in [2.05, 4.69) is 4.99 Å². The third-order valence-corrected chi connectivity index (χ3v) is 2.10. The molecule has 2 heterocycles. The minimum Gasteiger partial charge on any atom is -0.454 e. The lowest BCUT2D eigenvalue weighted by molar-refractivity contribution is 0.101. The van der Waals surface area contributed by atoms with Crippen molar-refractivity contribution in [3.05, 3.63) is 23.3 Å². The zero-order valence-electron chi connectivity index (χ0n) is 6.61. The predicted molar refractivity (Wildman–Crippen MR) is 44.5 cm³/mol. The van der Waals surface area contributed by atoms with Gasteiger partial charge in [-0.2, -0.15) is 0 Å². The van der Waals surface area contributed by atoms with Crippen LogP contribution in [0.4, 0.5) is 0 Å². The van der Waals surface area contributed by atoms with Gasteiger partial charge >= 0.3 is 0 Å². The molecule has 2 aliphatic rings. The molecular formula is C9H5NO3. The van der Waals surface area contributed by atoms with Crippen LogP contribution in [0.5, 0.6) is 11.5 Å². The first-order valence-electron chi connectivity index (χ1n) is 3.86. The maximum Gasteiger partial charge on any atom is 0.277 e. The minimum absolute atomic E-state index is 0.215. The van der Waals surface area contributed by atoms with Gasteiger partial charge in [0.1, 0.15) is 0 Å². The molecule has 1 aromatic carbocycles. The van der Waals surface area contributed by atoms with E-state index in [0.717, 1.165) is 5.56 Å². The van der Waals surface area contributed by atoms with Crippen LogP contribution in [0, 0.1) is 0 Å². The summed E-state index contributed by atoms with van der Waals surface area (Å²) >= 11 is 0. The van der Waals surface area contributed by atoms with Gasteiger partial charge in [-0.3, -0.25) is 4.79 Å². The molecule has 0 bridgehead atoms. The highest BCUT2D eigenvalue weighted by Crippen LogP contribution is 2.35. The van der Waals surface area contributed by atoms with Crippen molar-refractivity contribution in [3.8, 4) is 11.5 Å².